The van der Waals surface area contributed by atoms with Crippen molar-refractivity contribution in [2.45, 2.75) is 16.7 Å². The lowest BCUT2D eigenvalue weighted by atomic mass is 10.1. The maximum Gasteiger partial charge on any atom is 0.251 e. The lowest BCUT2D eigenvalue weighted by Crippen LogP contribution is -2.23. The highest BCUT2D eigenvalue weighted by Gasteiger charge is 2.34. The number of aromatic nitrogens is 1. The second kappa shape index (κ2) is 12.2. The number of benzene rings is 3. The molecule has 0 fully saturated rings. The summed E-state index contributed by atoms with van der Waals surface area (Å²) in [5.74, 6) is -2.60. The van der Waals surface area contributed by atoms with Crippen LogP contribution in [0.5, 0.6) is 0 Å². The first-order valence-corrected chi connectivity index (χ1v) is 13.8. The van der Waals surface area contributed by atoms with Crippen LogP contribution in [-0.2, 0) is 21.2 Å². The van der Waals surface area contributed by atoms with Gasteiger partial charge in [0.05, 0.1) is 17.1 Å². The summed E-state index contributed by atoms with van der Waals surface area (Å²) in [5.41, 5.74) is 6.20. The largest absolute Gasteiger partial charge is 0.376 e. The first kappa shape index (κ1) is 28.7. The van der Waals surface area contributed by atoms with Crippen molar-refractivity contribution < 1.29 is 26.8 Å². The van der Waals surface area contributed by atoms with Crippen molar-refractivity contribution in [2.75, 3.05) is 11.9 Å². The summed E-state index contributed by atoms with van der Waals surface area (Å²) in [6.07, 6.45) is 1.36. The van der Waals surface area contributed by atoms with Crippen LogP contribution in [0.4, 0.5) is 14.5 Å². The molecule has 12 heteroatoms. The SMILES string of the molecule is NC(=O)CNc1ccc(C(=O)NCc2ccc(C(c3cc(F)ccc3F)S(=O)(=O)c3ccc(Cl)cc3)nc2)cc1. The van der Waals surface area contributed by atoms with Crippen LogP contribution in [-0.4, -0.2) is 31.8 Å². The molecule has 0 radical (unpaired) electrons. The summed E-state index contributed by atoms with van der Waals surface area (Å²) in [6, 6.07) is 17.3. The van der Waals surface area contributed by atoms with Crippen LogP contribution < -0.4 is 16.4 Å². The molecular formula is C28H23ClF2N4O4S. The first-order chi connectivity index (χ1) is 19.0. The molecule has 3 aromatic carbocycles. The highest BCUT2D eigenvalue weighted by atomic mass is 35.5. The number of nitrogens with two attached hydrogens (primary N) is 1. The Morgan fingerprint density at radius 1 is 0.950 bits per heavy atom. The van der Waals surface area contributed by atoms with Gasteiger partial charge in [0.1, 0.15) is 16.9 Å². The summed E-state index contributed by atoms with van der Waals surface area (Å²) in [6.45, 7) is 0.0268. The predicted molar refractivity (Wildman–Crippen MR) is 146 cm³/mol. The van der Waals surface area contributed by atoms with E-state index in [0.717, 1.165) is 18.2 Å². The molecule has 0 bridgehead atoms. The van der Waals surface area contributed by atoms with E-state index in [1.807, 2.05) is 0 Å². The number of sulfone groups is 1. The van der Waals surface area contributed by atoms with Gasteiger partial charge in [-0.1, -0.05) is 17.7 Å². The number of carbonyl (C=O) groups is 2. The predicted octanol–water partition coefficient (Wildman–Crippen LogP) is 4.40. The van der Waals surface area contributed by atoms with E-state index in [-0.39, 0.29) is 29.6 Å². The summed E-state index contributed by atoms with van der Waals surface area (Å²) >= 11 is 5.89. The highest BCUT2D eigenvalue weighted by Crippen LogP contribution is 2.36. The number of rotatable bonds is 10. The van der Waals surface area contributed by atoms with Crippen molar-refractivity contribution in [3.8, 4) is 0 Å². The van der Waals surface area contributed by atoms with Gasteiger partial charge in [-0.05, 0) is 78.4 Å². The normalized spacial score (nSPS) is 12.0. The van der Waals surface area contributed by atoms with Gasteiger partial charge in [0.25, 0.3) is 5.91 Å². The molecule has 2 amide bonds. The molecule has 1 heterocycles. The molecule has 0 saturated carbocycles. The van der Waals surface area contributed by atoms with Crippen molar-refractivity contribution in [3.63, 3.8) is 0 Å². The van der Waals surface area contributed by atoms with E-state index in [0.29, 0.717) is 21.8 Å². The van der Waals surface area contributed by atoms with Gasteiger partial charge in [0.2, 0.25) is 5.91 Å². The second-order valence-corrected chi connectivity index (χ2v) is 11.2. The zero-order valence-electron chi connectivity index (χ0n) is 20.8. The Hall–Kier alpha value is -4.35. The average molecular weight is 585 g/mol. The van der Waals surface area contributed by atoms with Crippen LogP contribution in [0.1, 0.15) is 32.4 Å². The molecular weight excluding hydrogens is 562 g/mol. The van der Waals surface area contributed by atoms with Crippen LogP contribution in [0.25, 0.3) is 0 Å². The summed E-state index contributed by atoms with van der Waals surface area (Å²) in [5, 5.41) is 4.21. The molecule has 4 rings (SSSR count). The molecule has 4 N–H and O–H groups in total. The van der Waals surface area contributed by atoms with Crippen molar-refractivity contribution in [1.82, 2.24) is 10.3 Å². The average Bonchev–Trinajstić information content (AvgIpc) is 2.93. The third-order valence-electron chi connectivity index (χ3n) is 5.88. The second-order valence-electron chi connectivity index (χ2n) is 8.72. The Bertz CT molecular complexity index is 1630. The molecule has 0 aliphatic heterocycles. The van der Waals surface area contributed by atoms with Gasteiger partial charge in [-0.15, -0.1) is 0 Å². The van der Waals surface area contributed by atoms with Gasteiger partial charge < -0.3 is 16.4 Å². The molecule has 8 nitrogen and oxygen atoms in total. The highest BCUT2D eigenvalue weighted by molar-refractivity contribution is 7.91. The third kappa shape index (κ3) is 6.80. The van der Waals surface area contributed by atoms with E-state index in [4.69, 9.17) is 17.3 Å². The number of nitrogens with zero attached hydrogens (tertiary/aromatic N) is 1. The molecule has 0 aliphatic carbocycles. The lowest BCUT2D eigenvalue weighted by molar-refractivity contribution is -0.116. The Balaban J connectivity index is 1.55. The summed E-state index contributed by atoms with van der Waals surface area (Å²) < 4.78 is 56.1. The van der Waals surface area contributed by atoms with Crippen LogP contribution >= 0.6 is 11.6 Å². The van der Waals surface area contributed by atoms with Gasteiger partial charge >= 0.3 is 0 Å². The minimum atomic E-state index is -4.28. The number of hydrogen-bond acceptors (Lipinski definition) is 6. The quantitative estimate of drug-likeness (QED) is 0.253. The standard InChI is InChI=1S/C28H23ClF2N4O4S/c29-19-4-9-22(10-5-19)40(38,39)27(23-13-20(30)6-11-24(23)31)25-12-1-17(14-34-25)15-35-28(37)18-2-7-21(8-3-18)33-16-26(32)36/h1-14,27,33H,15-16H2,(H2,32,36)(H,35,37). The number of hydrogen-bond donors (Lipinski definition) is 3. The number of pyridine rings is 1. The summed E-state index contributed by atoms with van der Waals surface area (Å²) in [4.78, 5) is 27.5. The number of primary amides is 1. The molecule has 1 atom stereocenters. The lowest BCUT2D eigenvalue weighted by Gasteiger charge is -2.19. The first-order valence-electron chi connectivity index (χ1n) is 11.8. The fourth-order valence-corrected chi connectivity index (χ4v) is 5.76. The molecule has 0 saturated heterocycles. The van der Waals surface area contributed by atoms with E-state index >= 15 is 0 Å². The minimum Gasteiger partial charge on any atom is -0.376 e. The van der Waals surface area contributed by atoms with Crippen molar-refractivity contribution in [1.29, 1.82) is 0 Å². The van der Waals surface area contributed by atoms with E-state index in [1.54, 1.807) is 30.3 Å². The fraction of sp³-hybridized carbons (Fsp3) is 0.107. The fourth-order valence-electron chi connectivity index (χ4n) is 3.87. The zero-order valence-corrected chi connectivity index (χ0v) is 22.3. The maximum absolute atomic E-state index is 14.8. The smallest absolute Gasteiger partial charge is 0.251 e. The molecule has 1 aromatic heterocycles. The number of nitrogens with one attached hydrogen (secondary N) is 2. The van der Waals surface area contributed by atoms with Gasteiger partial charge in [-0.2, -0.15) is 0 Å². The van der Waals surface area contributed by atoms with Gasteiger partial charge in [0.15, 0.2) is 9.84 Å². The van der Waals surface area contributed by atoms with Crippen LogP contribution in [0.15, 0.2) is 90.0 Å². The van der Waals surface area contributed by atoms with E-state index < -0.39 is 38.2 Å². The summed E-state index contributed by atoms with van der Waals surface area (Å²) in [7, 11) is -4.28. The van der Waals surface area contributed by atoms with Crippen molar-refractivity contribution in [2.24, 2.45) is 5.73 Å². The Morgan fingerprint density at radius 2 is 1.65 bits per heavy atom. The number of amides is 2. The van der Waals surface area contributed by atoms with Crippen LogP contribution in [0.2, 0.25) is 5.02 Å². The topological polar surface area (TPSA) is 131 Å². The third-order valence-corrected chi connectivity index (χ3v) is 8.17. The Morgan fingerprint density at radius 3 is 2.27 bits per heavy atom. The molecule has 0 aliphatic rings. The number of anilines is 1. The van der Waals surface area contributed by atoms with Gasteiger partial charge in [-0.25, -0.2) is 17.2 Å². The molecule has 206 valence electrons. The number of carbonyl (C=O) groups excluding carboxylic acids is 2. The minimum absolute atomic E-state index is 0.0337. The van der Waals surface area contributed by atoms with E-state index in [9.17, 15) is 26.8 Å². The zero-order chi connectivity index (χ0) is 28.9. The van der Waals surface area contributed by atoms with Crippen molar-refractivity contribution >= 4 is 38.9 Å². The molecule has 1 unspecified atom stereocenters. The van der Waals surface area contributed by atoms with Crippen LogP contribution in [0, 0.1) is 11.6 Å². The maximum atomic E-state index is 14.8. The Labute approximate surface area is 234 Å². The van der Waals surface area contributed by atoms with Crippen LogP contribution in [0.3, 0.4) is 0 Å². The Kier molecular flexibility index (Phi) is 8.76. The van der Waals surface area contributed by atoms with E-state index in [2.05, 4.69) is 15.6 Å². The molecule has 40 heavy (non-hydrogen) atoms. The monoisotopic (exact) mass is 584 g/mol. The van der Waals surface area contributed by atoms with Gasteiger partial charge in [0, 0.05) is 34.6 Å². The number of halogens is 3. The van der Waals surface area contributed by atoms with Gasteiger partial charge in [-0.3, -0.25) is 14.6 Å². The molecule has 4 aromatic rings. The molecule has 0 spiro atoms. The van der Waals surface area contributed by atoms with E-state index in [1.165, 1.54) is 36.5 Å². The van der Waals surface area contributed by atoms with Crippen molar-refractivity contribution in [3.05, 3.63) is 124 Å².